The van der Waals surface area contributed by atoms with Crippen molar-refractivity contribution in [1.82, 2.24) is 10.2 Å². The average molecular weight is 262 g/mol. The molecule has 1 saturated heterocycles. The largest absolute Gasteiger partial charge is 0.379 e. The molecule has 2 rings (SSSR count). The Morgan fingerprint density at radius 3 is 2.58 bits per heavy atom. The minimum absolute atomic E-state index is 0.517. The molecular weight excluding hydrogens is 236 g/mol. The third kappa shape index (κ3) is 4.60. The summed E-state index contributed by atoms with van der Waals surface area (Å²) in [5.74, 6) is 0. The van der Waals surface area contributed by atoms with Crippen LogP contribution in [-0.2, 0) is 17.7 Å². The first-order valence-corrected chi connectivity index (χ1v) is 7.40. The number of nitrogens with one attached hydrogen (secondary N) is 1. The van der Waals surface area contributed by atoms with Gasteiger partial charge in [0.25, 0.3) is 0 Å². The molecular formula is C16H26N2O. The second-order valence-corrected chi connectivity index (χ2v) is 5.32. The topological polar surface area (TPSA) is 24.5 Å². The molecule has 1 N–H and O–H groups in total. The molecule has 1 aliphatic rings. The Morgan fingerprint density at radius 1 is 1.21 bits per heavy atom. The summed E-state index contributed by atoms with van der Waals surface area (Å²) in [7, 11) is 0. The lowest BCUT2D eigenvalue weighted by molar-refractivity contribution is 0.0343. The molecule has 106 valence electrons. The number of hydrogen-bond donors (Lipinski definition) is 1. The van der Waals surface area contributed by atoms with Gasteiger partial charge in [0.1, 0.15) is 0 Å². The predicted octanol–water partition coefficient (Wildman–Crippen LogP) is 2.06. The Bertz CT molecular complexity index is 375. The smallest absolute Gasteiger partial charge is 0.0594 e. The van der Waals surface area contributed by atoms with E-state index in [1.165, 1.54) is 11.1 Å². The highest BCUT2D eigenvalue weighted by atomic mass is 16.5. The Hall–Kier alpha value is -0.900. The van der Waals surface area contributed by atoms with E-state index in [1.54, 1.807) is 0 Å². The van der Waals surface area contributed by atoms with Crippen molar-refractivity contribution in [3.05, 3.63) is 35.4 Å². The van der Waals surface area contributed by atoms with Gasteiger partial charge in [-0.1, -0.05) is 31.2 Å². The molecule has 3 nitrogen and oxygen atoms in total. The molecule has 1 aromatic carbocycles. The SMILES string of the molecule is CCc1ccccc1CNC(C)CN1CCOCC1. The van der Waals surface area contributed by atoms with Gasteiger partial charge in [-0.2, -0.15) is 0 Å². The van der Waals surface area contributed by atoms with Crippen LogP contribution in [-0.4, -0.2) is 43.8 Å². The third-order valence-corrected chi connectivity index (χ3v) is 3.78. The van der Waals surface area contributed by atoms with Crippen molar-refractivity contribution in [2.75, 3.05) is 32.8 Å². The van der Waals surface area contributed by atoms with E-state index < -0.39 is 0 Å². The molecule has 1 aromatic rings. The van der Waals surface area contributed by atoms with Crippen LogP contribution in [0, 0.1) is 0 Å². The summed E-state index contributed by atoms with van der Waals surface area (Å²) in [6, 6.07) is 9.22. The first kappa shape index (κ1) is 14.5. The van der Waals surface area contributed by atoms with Crippen LogP contribution >= 0.6 is 0 Å². The zero-order chi connectivity index (χ0) is 13.5. The summed E-state index contributed by atoms with van der Waals surface area (Å²) in [4.78, 5) is 2.48. The molecule has 0 spiro atoms. The van der Waals surface area contributed by atoms with E-state index in [1.807, 2.05) is 0 Å². The maximum atomic E-state index is 5.38. The number of aryl methyl sites for hydroxylation is 1. The Morgan fingerprint density at radius 2 is 1.89 bits per heavy atom. The van der Waals surface area contributed by atoms with Crippen molar-refractivity contribution in [2.24, 2.45) is 0 Å². The van der Waals surface area contributed by atoms with E-state index in [4.69, 9.17) is 4.74 Å². The van der Waals surface area contributed by atoms with E-state index in [0.29, 0.717) is 6.04 Å². The van der Waals surface area contributed by atoms with Gasteiger partial charge in [0.15, 0.2) is 0 Å². The molecule has 1 unspecified atom stereocenters. The van der Waals surface area contributed by atoms with E-state index in [9.17, 15) is 0 Å². The zero-order valence-electron chi connectivity index (χ0n) is 12.2. The lowest BCUT2D eigenvalue weighted by Crippen LogP contribution is -2.44. The first-order valence-electron chi connectivity index (χ1n) is 7.40. The predicted molar refractivity (Wildman–Crippen MR) is 79.4 cm³/mol. The molecule has 0 saturated carbocycles. The lowest BCUT2D eigenvalue weighted by atomic mass is 10.1. The summed E-state index contributed by atoms with van der Waals surface area (Å²) in [5.41, 5.74) is 2.88. The molecule has 0 aliphatic carbocycles. The fourth-order valence-electron chi connectivity index (χ4n) is 2.59. The molecule has 0 amide bonds. The maximum Gasteiger partial charge on any atom is 0.0594 e. The Labute approximate surface area is 116 Å². The molecule has 1 aliphatic heterocycles. The molecule has 0 bridgehead atoms. The van der Waals surface area contributed by atoms with E-state index in [2.05, 4.69) is 48.3 Å². The molecule has 0 radical (unpaired) electrons. The van der Waals surface area contributed by atoms with Gasteiger partial charge < -0.3 is 10.1 Å². The number of ether oxygens (including phenoxy) is 1. The zero-order valence-corrected chi connectivity index (χ0v) is 12.2. The molecule has 1 atom stereocenters. The normalized spacial score (nSPS) is 18.4. The summed E-state index contributed by atoms with van der Waals surface area (Å²) in [6.45, 7) is 10.5. The Kier molecular flexibility index (Phi) is 5.83. The third-order valence-electron chi connectivity index (χ3n) is 3.78. The van der Waals surface area contributed by atoms with Crippen molar-refractivity contribution in [3.63, 3.8) is 0 Å². The van der Waals surface area contributed by atoms with Gasteiger partial charge in [-0.05, 0) is 24.5 Å². The summed E-state index contributed by atoms with van der Waals surface area (Å²) in [5, 5.41) is 3.64. The molecule has 19 heavy (non-hydrogen) atoms. The molecule has 0 aromatic heterocycles. The number of hydrogen-bond acceptors (Lipinski definition) is 3. The lowest BCUT2D eigenvalue weighted by Gasteiger charge is -2.29. The van der Waals surface area contributed by atoms with Crippen LogP contribution in [0.5, 0.6) is 0 Å². The highest BCUT2D eigenvalue weighted by Gasteiger charge is 2.13. The number of benzene rings is 1. The van der Waals surface area contributed by atoms with Gasteiger partial charge in [-0.15, -0.1) is 0 Å². The second-order valence-electron chi connectivity index (χ2n) is 5.32. The van der Waals surface area contributed by atoms with E-state index in [0.717, 1.165) is 45.8 Å². The average Bonchev–Trinajstić information content (AvgIpc) is 2.46. The minimum Gasteiger partial charge on any atom is -0.379 e. The van der Waals surface area contributed by atoms with Gasteiger partial charge >= 0.3 is 0 Å². The highest BCUT2D eigenvalue weighted by molar-refractivity contribution is 5.26. The second kappa shape index (κ2) is 7.63. The van der Waals surface area contributed by atoms with Gasteiger partial charge in [-0.25, -0.2) is 0 Å². The fraction of sp³-hybridized carbons (Fsp3) is 0.625. The van der Waals surface area contributed by atoms with Crippen molar-refractivity contribution in [2.45, 2.75) is 32.9 Å². The van der Waals surface area contributed by atoms with Gasteiger partial charge in [0.05, 0.1) is 13.2 Å². The number of morpholine rings is 1. The van der Waals surface area contributed by atoms with Gasteiger partial charge in [0.2, 0.25) is 0 Å². The fourth-order valence-corrected chi connectivity index (χ4v) is 2.59. The summed E-state index contributed by atoms with van der Waals surface area (Å²) in [6.07, 6.45) is 1.11. The molecule has 1 fully saturated rings. The van der Waals surface area contributed by atoms with Crippen LogP contribution in [0.15, 0.2) is 24.3 Å². The number of nitrogens with zero attached hydrogens (tertiary/aromatic N) is 1. The molecule has 3 heteroatoms. The first-order chi connectivity index (χ1) is 9.29. The van der Waals surface area contributed by atoms with E-state index in [-0.39, 0.29) is 0 Å². The van der Waals surface area contributed by atoms with Crippen LogP contribution in [0.3, 0.4) is 0 Å². The van der Waals surface area contributed by atoms with E-state index >= 15 is 0 Å². The van der Waals surface area contributed by atoms with Crippen molar-refractivity contribution in [3.8, 4) is 0 Å². The van der Waals surface area contributed by atoms with Crippen LogP contribution in [0.1, 0.15) is 25.0 Å². The van der Waals surface area contributed by atoms with Crippen LogP contribution < -0.4 is 5.32 Å². The summed E-state index contributed by atoms with van der Waals surface area (Å²) < 4.78 is 5.38. The van der Waals surface area contributed by atoms with Crippen LogP contribution in [0.4, 0.5) is 0 Å². The quantitative estimate of drug-likeness (QED) is 0.849. The highest BCUT2D eigenvalue weighted by Crippen LogP contribution is 2.09. The van der Waals surface area contributed by atoms with Crippen molar-refractivity contribution < 1.29 is 4.74 Å². The van der Waals surface area contributed by atoms with Gasteiger partial charge in [-0.3, -0.25) is 4.90 Å². The minimum atomic E-state index is 0.517. The van der Waals surface area contributed by atoms with Crippen LogP contribution in [0.25, 0.3) is 0 Å². The van der Waals surface area contributed by atoms with Crippen molar-refractivity contribution >= 4 is 0 Å². The van der Waals surface area contributed by atoms with Crippen LogP contribution in [0.2, 0.25) is 0 Å². The van der Waals surface area contributed by atoms with Gasteiger partial charge in [0, 0.05) is 32.2 Å². The molecule has 1 heterocycles. The monoisotopic (exact) mass is 262 g/mol. The standard InChI is InChI=1S/C16H26N2O/c1-3-15-6-4-5-7-16(15)12-17-14(2)13-18-8-10-19-11-9-18/h4-7,14,17H,3,8-13H2,1-2H3. The summed E-state index contributed by atoms with van der Waals surface area (Å²) >= 11 is 0. The number of rotatable bonds is 6. The Balaban J connectivity index is 1.77. The maximum absolute atomic E-state index is 5.38. The van der Waals surface area contributed by atoms with Crippen molar-refractivity contribution in [1.29, 1.82) is 0 Å².